The topological polar surface area (TPSA) is 83.5 Å². The van der Waals surface area contributed by atoms with Gasteiger partial charge in [0.1, 0.15) is 0 Å². The number of benzene rings is 3. The molecule has 0 bridgehead atoms. The molecule has 0 spiro atoms. The molecule has 6 heteroatoms. The molecule has 4 aromatic rings. The summed E-state index contributed by atoms with van der Waals surface area (Å²) in [4.78, 5) is 27.5. The number of H-pyrrole nitrogens is 1. The smallest absolute Gasteiger partial charge is 0.310 e. The van der Waals surface area contributed by atoms with Gasteiger partial charge in [0.2, 0.25) is 0 Å². The molecule has 0 radical (unpaired) electrons. The van der Waals surface area contributed by atoms with E-state index in [4.69, 9.17) is 4.74 Å². The molecule has 1 amide bonds. The molecule has 0 aliphatic heterocycles. The van der Waals surface area contributed by atoms with Crippen molar-refractivity contribution in [2.75, 3.05) is 6.61 Å². The van der Waals surface area contributed by atoms with E-state index in [1.54, 1.807) is 6.20 Å². The van der Waals surface area contributed by atoms with Crippen molar-refractivity contribution in [1.82, 2.24) is 10.4 Å². The summed E-state index contributed by atoms with van der Waals surface area (Å²) < 4.78 is 5.14. The van der Waals surface area contributed by atoms with Crippen LogP contribution >= 0.6 is 0 Å². The highest BCUT2D eigenvalue weighted by molar-refractivity contribution is 6.13. The van der Waals surface area contributed by atoms with Crippen LogP contribution in [0.2, 0.25) is 0 Å². The summed E-state index contributed by atoms with van der Waals surface area (Å²) in [5, 5.41) is 5.24. The van der Waals surface area contributed by atoms with Crippen LogP contribution in [0, 0.1) is 0 Å². The second kappa shape index (κ2) is 9.54. The third kappa shape index (κ3) is 5.05. The van der Waals surface area contributed by atoms with Crippen molar-refractivity contribution in [2.24, 2.45) is 5.10 Å². The van der Waals surface area contributed by atoms with Crippen molar-refractivity contribution in [3.63, 3.8) is 0 Å². The number of carbonyl (C=O) groups excluding carboxylic acids is 2. The number of nitrogens with zero attached hydrogens (tertiary/aromatic N) is 1. The zero-order chi connectivity index (χ0) is 21.5. The summed E-state index contributed by atoms with van der Waals surface area (Å²) in [6.45, 7) is -0.401. The Labute approximate surface area is 179 Å². The molecule has 0 unspecified atom stereocenters. The van der Waals surface area contributed by atoms with Gasteiger partial charge in [-0.2, -0.15) is 5.10 Å². The van der Waals surface area contributed by atoms with Crippen molar-refractivity contribution >= 4 is 28.5 Å². The Morgan fingerprint density at radius 2 is 1.45 bits per heavy atom. The minimum atomic E-state index is -0.503. The van der Waals surface area contributed by atoms with Crippen LogP contribution in [0.1, 0.15) is 16.7 Å². The van der Waals surface area contributed by atoms with E-state index in [1.165, 1.54) is 0 Å². The van der Waals surface area contributed by atoms with Gasteiger partial charge in [-0.15, -0.1) is 0 Å². The van der Waals surface area contributed by atoms with E-state index in [0.29, 0.717) is 5.71 Å². The average Bonchev–Trinajstić information content (AvgIpc) is 3.22. The van der Waals surface area contributed by atoms with Crippen LogP contribution in [0.5, 0.6) is 0 Å². The molecule has 0 fully saturated rings. The van der Waals surface area contributed by atoms with Crippen LogP contribution in [0.25, 0.3) is 10.9 Å². The number of fused-ring (bicyclic) bond motifs is 1. The Morgan fingerprint density at radius 3 is 2.13 bits per heavy atom. The van der Waals surface area contributed by atoms with E-state index in [1.807, 2.05) is 84.9 Å². The third-order valence-corrected chi connectivity index (χ3v) is 4.76. The largest absolute Gasteiger partial charge is 0.455 e. The number of amides is 1. The lowest BCUT2D eigenvalue weighted by atomic mass is 10.0. The molecule has 0 atom stereocenters. The SMILES string of the molecule is O=C(COC(=O)Cc1c[nH]c2ccccc12)NN=C(c1ccccc1)c1ccccc1. The maximum atomic E-state index is 12.2. The molecule has 31 heavy (non-hydrogen) atoms. The van der Waals surface area contributed by atoms with Gasteiger partial charge in [-0.1, -0.05) is 78.9 Å². The van der Waals surface area contributed by atoms with E-state index in [9.17, 15) is 9.59 Å². The Balaban J connectivity index is 1.38. The Hall–Kier alpha value is -4.19. The van der Waals surface area contributed by atoms with Gasteiger partial charge in [-0.3, -0.25) is 9.59 Å². The number of hydrogen-bond acceptors (Lipinski definition) is 4. The number of aromatic nitrogens is 1. The van der Waals surface area contributed by atoms with Gasteiger partial charge in [0.05, 0.1) is 12.1 Å². The molecule has 6 nitrogen and oxygen atoms in total. The highest BCUT2D eigenvalue weighted by atomic mass is 16.5. The van der Waals surface area contributed by atoms with Crippen LogP contribution in [-0.2, 0) is 20.7 Å². The number of carbonyl (C=O) groups is 2. The number of para-hydroxylation sites is 1. The fourth-order valence-corrected chi connectivity index (χ4v) is 3.27. The number of hydrazone groups is 1. The monoisotopic (exact) mass is 411 g/mol. The van der Waals surface area contributed by atoms with Crippen molar-refractivity contribution in [3.8, 4) is 0 Å². The summed E-state index contributed by atoms with van der Waals surface area (Å²) in [5.74, 6) is -0.980. The lowest BCUT2D eigenvalue weighted by Gasteiger charge is -2.08. The number of esters is 1. The Bertz CT molecular complexity index is 1170. The van der Waals surface area contributed by atoms with Gasteiger partial charge in [-0.25, -0.2) is 5.43 Å². The second-order valence-electron chi connectivity index (χ2n) is 6.92. The Kier molecular flexibility index (Phi) is 6.18. The molecule has 0 saturated heterocycles. The molecule has 2 N–H and O–H groups in total. The zero-order valence-corrected chi connectivity index (χ0v) is 16.7. The van der Waals surface area contributed by atoms with Crippen LogP contribution in [0.4, 0.5) is 0 Å². The van der Waals surface area contributed by atoms with E-state index < -0.39 is 18.5 Å². The Morgan fingerprint density at radius 1 is 0.839 bits per heavy atom. The molecule has 0 aliphatic rings. The molecule has 1 aromatic heterocycles. The van der Waals surface area contributed by atoms with Crippen LogP contribution < -0.4 is 5.43 Å². The molecule has 1 heterocycles. The summed E-state index contributed by atoms with van der Waals surface area (Å²) in [7, 11) is 0. The molecule has 154 valence electrons. The van der Waals surface area contributed by atoms with Crippen LogP contribution in [0.15, 0.2) is 96.2 Å². The maximum absolute atomic E-state index is 12.2. The first-order valence-corrected chi connectivity index (χ1v) is 9.88. The van der Waals surface area contributed by atoms with Crippen LogP contribution in [0.3, 0.4) is 0 Å². The van der Waals surface area contributed by atoms with E-state index in [0.717, 1.165) is 27.6 Å². The van der Waals surface area contributed by atoms with Crippen molar-refractivity contribution in [2.45, 2.75) is 6.42 Å². The maximum Gasteiger partial charge on any atom is 0.310 e. The summed E-state index contributed by atoms with van der Waals surface area (Å²) in [6.07, 6.45) is 1.86. The highest BCUT2D eigenvalue weighted by Crippen LogP contribution is 2.18. The predicted octanol–water partition coefficient (Wildman–Crippen LogP) is 3.82. The number of hydrogen-bond donors (Lipinski definition) is 2. The van der Waals surface area contributed by atoms with Gasteiger partial charge in [-0.05, 0) is 11.6 Å². The van der Waals surface area contributed by atoms with Gasteiger partial charge >= 0.3 is 5.97 Å². The van der Waals surface area contributed by atoms with Gasteiger partial charge in [0.15, 0.2) is 6.61 Å². The molecule has 0 saturated carbocycles. The molecule has 3 aromatic carbocycles. The second-order valence-corrected chi connectivity index (χ2v) is 6.92. The number of ether oxygens (including phenoxy) is 1. The molecule has 4 rings (SSSR count). The third-order valence-electron chi connectivity index (χ3n) is 4.76. The molecular formula is C25H21N3O3. The molecule has 0 aliphatic carbocycles. The lowest BCUT2D eigenvalue weighted by Crippen LogP contribution is -2.26. The quantitative estimate of drug-likeness (QED) is 0.275. The number of aromatic amines is 1. The van der Waals surface area contributed by atoms with Crippen LogP contribution in [-0.4, -0.2) is 29.2 Å². The average molecular weight is 411 g/mol. The first-order chi connectivity index (χ1) is 15.2. The highest BCUT2D eigenvalue weighted by Gasteiger charge is 2.12. The van der Waals surface area contributed by atoms with Gasteiger partial charge in [0, 0.05) is 28.2 Å². The first kappa shape index (κ1) is 20.1. The summed E-state index contributed by atoms with van der Waals surface area (Å²) >= 11 is 0. The first-order valence-electron chi connectivity index (χ1n) is 9.88. The normalized spacial score (nSPS) is 10.5. The van der Waals surface area contributed by atoms with Crippen molar-refractivity contribution < 1.29 is 14.3 Å². The van der Waals surface area contributed by atoms with E-state index in [-0.39, 0.29) is 6.42 Å². The fourth-order valence-electron chi connectivity index (χ4n) is 3.27. The summed E-state index contributed by atoms with van der Waals surface area (Å²) in [5.41, 5.74) is 6.62. The van der Waals surface area contributed by atoms with Crippen molar-refractivity contribution in [1.29, 1.82) is 0 Å². The number of nitrogens with one attached hydrogen (secondary N) is 2. The minimum absolute atomic E-state index is 0.0832. The van der Waals surface area contributed by atoms with E-state index >= 15 is 0 Å². The number of rotatable bonds is 7. The molecular weight excluding hydrogens is 390 g/mol. The lowest BCUT2D eigenvalue weighted by molar-refractivity contribution is -0.147. The fraction of sp³-hybridized carbons (Fsp3) is 0.0800. The minimum Gasteiger partial charge on any atom is -0.455 e. The predicted molar refractivity (Wildman–Crippen MR) is 120 cm³/mol. The van der Waals surface area contributed by atoms with Gasteiger partial charge < -0.3 is 9.72 Å². The summed E-state index contributed by atoms with van der Waals surface area (Å²) in [6, 6.07) is 26.8. The van der Waals surface area contributed by atoms with Crippen molar-refractivity contribution in [3.05, 3.63) is 108 Å². The van der Waals surface area contributed by atoms with E-state index in [2.05, 4.69) is 15.5 Å². The van der Waals surface area contributed by atoms with Gasteiger partial charge in [0.25, 0.3) is 5.91 Å². The zero-order valence-electron chi connectivity index (χ0n) is 16.7. The standard InChI is InChI=1S/C25H21N3O3/c29-23(17-31-24(30)15-20-16-26-22-14-8-7-13-21(20)22)27-28-25(18-9-3-1-4-10-18)19-11-5-2-6-12-19/h1-14,16,26H,15,17H2,(H,27,29).